The summed E-state index contributed by atoms with van der Waals surface area (Å²) < 4.78 is 1.99. The van der Waals surface area contributed by atoms with E-state index in [0.29, 0.717) is 15.7 Å². The van der Waals surface area contributed by atoms with Crippen molar-refractivity contribution >= 4 is 63.8 Å². The highest BCUT2D eigenvalue weighted by atomic mass is 35.5. The normalized spacial score (nSPS) is 14.9. The molecule has 2 aromatic carbocycles. The van der Waals surface area contributed by atoms with Crippen LogP contribution in [0.25, 0.3) is 11.8 Å². The second kappa shape index (κ2) is 9.70. The van der Waals surface area contributed by atoms with Gasteiger partial charge in [0, 0.05) is 22.8 Å². The van der Waals surface area contributed by atoms with Crippen molar-refractivity contribution in [2.75, 3.05) is 11.9 Å². The lowest BCUT2D eigenvalue weighted by molar-refractivity contribution is -0.127. The van der Waals surface area contributed by atoms with Crippen molar-refractivity contribution in [1.29, 1.82) is 0 Å². The Labute approximate surface area is 211 Å². The molecule has 0 saturated carbocycles. The van der Waals surface area contributed by atoms with Gasteiger partial charge in [-0.3, -0.25) is 19.3 Å². The number of benzene rings is 2. The monoisotopic (exact) mass is 513 g/mol. The number of thioether (sulfide) groups is 1. The van der Waals surface area contributed by atoms with Gasteiger partial charge in [0.2, 0.25) is 5.91 Å². The highest BCUT2D eigenvalue weighted by molar-refractivity contribution is 8.18. The number of hydrogen-bond donors (Lipinski definition) is 1. The fourth-order valence-corrected chi connectivity index (χ4v) is 4.84. The molecular formula is C25H21Cl2N3O3S. The van der Waals surface area contributed by atoms with E-state index in [1.165, 1.54) is 0 Å². The zero-order valence-electron chi connectivity index (χ0n) is 18.7. The van der Waals surface area contributed by atoms with Gasteiger partial charge in [-0.2, -0.15) is 0 Å². The topological polar surface area (TPSA) is 71.4 Å². The molecule has 3 amide bonds. The predicted octanol–water partition coefficient (Wildman–Crippen LogP) is 6.38. The number of carbonyl (C=O) groups excluding carboxylic acids is 3. The summed E-state index contributed by atoms with van der Waals surface area (Å²) in [5.41, 5.74) is 5.10. The molecule has 1 fully saturated rings. The molecular weight excluding hydrogens is 493 g/mol. The maximum Gasteiger partial charge on any atom is 0.294 e. The Kier molecular flexibility index (Phi) is 6.89. The third-order valence-corrected chi connectivity index (χ3v) is 7.08. The Hall–Kier alpha value is -3.00. The number of anilines is 1. The Morgan fingerprint density at radius 1 is 1.00 bits per heavy atom. The zero-order valence-corrected chi connectivity index (χ0v) is 21.0. The summed E-state index contributed by atoms with van der Waals surface area (Å²) in [5, 5.41) is 3.14. The summed E-state index contributed by atoms with van der Waals surface area (Å²) in [6.07, 6.45) is 1.68. The standard InChI is InChI=1S/C25H21Cl2N3O3S/c1-14-4-6-18(7-5-14)28-23(31)13-29-24(32)22(34-25(29)33)11-17-10-15(2)30(16(17)3)19-8-9-20(26)21(27)12-19/h4-12H,13H2,1-3H3,(H,28,31)/b22-11-. The molecule has 34 heavy (non-hydrogen) atoms. The molecule has 1 aromatic heterocycles. The van der Waals surface area contributed by atoms with Gasteiger partial charge in [-0.15, -0.1) is 0 Å². The van der Waals surface area contributed by atoms with Gasteiger partial charge in [-0.25, -0.2) is 0 Å². The van der Waals surface area contributed by atoms with Crippen LogP contribution in [0, 0.1) is 20.8 Å². The van der Waals surface area contributed by atoms with Gasteiger partial charge in [-0.05, 0) is 80.6 Å². The van der Waals surface area contributed by atoms with Gasteiger partial charge in [0.1, 0.15) is 6.54 Å². The van der Waals surface area contributed by atoms with Crippen molar-refractivity contribution in [3.8, 4) is 5.69 Å². The molecule has 0 radical (unpaired) electrons. The smallest absolute Gasteiger partial charge is 0.294 e. The predicted molar refractivity (Wildman–Crippen MR) is 138 cm³/mol. The van der Waals surface area contributed by atoms with E-state index in [1.54, 1.807) is 30.3 Å². The van der Waals surface area contributed by atoms with Crippen LogP contribution >= 0.6 is 35.0 Å². The zero-order chi connectivity index (χ0) is 24.6. The molecule has 1 aliphatic rings. The van der Waals surface area contributed by atoms with Gasteiger partial charge < -0.3 is 9.88 Å². The fraction of sp³-hybridized carbons (Fsp3) is 0.160. The molecule has 1 N–H and O–H groups in total. The average molecular weight is 514 g/mol. The molecule has 1 aliphatic heterocycles. The van der Waals surface area contributed by atoms with E-state index in [4.69, 9.17) is 23.2 Å². The van der Waals surface area contributed by atoms with Crippen LogP contribution in [-0.2, 0) is 9.59 Å². The van der Waals surface area contributed by atoms with Crippen LogP contribution in [0.3, 0.4) is 0 Å². The third kappa shape index (κ3) is 4.92. The molecule has 2 heterocycles. The lowest BCUT2D eigenvalue weighted by atomic mass is 10.2. The first-order valence-electron chi connectivity index (χ1n) is 10.4. The molecule has 6 nitrogen and oxygen atoms in total. The first-order valence-corrected chi connectivity index (χ1v) is 12.0. The number of rotatable bonds is 5. The molecule has 174 valence electrons. The van der Waals surface area contributed by atoms with Crippen molar-refractivity contribution in [2.45, 2.75) is 20.8 Å². The summed E-state index contributed by atoms with van der Waals surface area (Å²) in [4.78, 5) is 39.0. The maximum atomic E-state index is 12.9. The molecule has 0 unspecified atom stereocenters. The number of imide groups is 1. The summed E-state index contributed by atoms with van der Waals surface area (Å²) in [5.74, 6) is -0.932. The van der Waals surface area contributed by atoms with Gasteiger partial charge in [-0.1, -0.05) is 40.9 Å². The molecule has 1 saturated heterocycles. The number of nitrogens with zero attached hydrogens (tertiary/aromatic N) is 2. The van der Waals surface area contributed by atoms with E-state index in [-0.39, 0.29) is 11.4 Å². The molecule has 4 rings (SSSR count). The fourth-order valence-electron chi connectivity index (χ4n) is 3.71. The lowest BCUT2D eigenvalue weighted by Gasteiger charge is -2.12. The van der Waals surface area contributed by atoms with Gasteiger partial charge in [0.05, 0.1) is 15.0 Å². The Morgan fingerprint density at radius 3 is 2.38 bits per heavy atom. The van der Waals surface area contributed by atoms with Crippen LogP contribution < -0.4 is 5.32 Å². The van der Waals surface area contributed by atoms with E-state index < -0.39 is 17.1 Å². The van der Waals surface area contributed by atoms with Crippen LogP contribution in [0.15, 0.2) is 53.4 Å². The second-order valence-electron chi connectivity index (χ2n) is 7.94. The first kappa shape index (κ1) is 24.1. The van der Waals surface area contributed by atoms with E-state index in [0.717, 1.165) is 44.9 Å². The molecule has 0 atom stereocenters. The first-order chi connectivity index (χ1) is 16.1. The molecule has 9 heteroatoms. The minimum atomic E-state index is -0.492. The van der Waals surface area contributed by atoms with Crippen molar-refractivity contribution in [3.05, 3.63) is 86.0 Å². The highest BCUT2D eigenvalue weighted by Gasteiger charge is 2.36. The molecule has 0 aliphatic carbocycles. The summed E-state index contributed by atoms with van der Waals surface area (Å²) in [6.45, 7) is 5.45. The summed E-state index contributed by atoms with van der Waals surface area (Å²) >= 11 is 13.0. The number of halogens is 2. The van der Waals surface area contributed by atoms with E-state index >= 15 is 0 Å². The van der Waals surface area contributed by atoms with Crippen LogP contribution in [-0.4, -0.2) is 33.1 Å². The number of nitrogens with one attached hydrogen (secondary N) is 1. The Morgan fingerprint density at radius 2 is 1.71 bits per heavy atom. The van der Waals surface area contributed by atoms with Crippen LogP contribution in [0.4, 0.5) is 10.5 Å². The maximum absolute atomic E-state index is 12.9. The Bertz CT molecular complexity index is 1350. The quantitative estimate of drug-likeness (QED) is 0.401. The number of amides is 3. The van der Waals surface area contributed by atoms with Crippen molar-refractivity contribution in [2.24, 2.45) is 0 Å². The van der Waals surface area contributed by atoms with Crippen LogP contribution in [0.5, 0.6) is 0 Å². The van der Waals surface area contributed by atoms with Gasteiger partial charge in [0.25, 0.3) is 11.1 Å². The second-order valence-corrected chi connectivity index (χ2v) is 9.75. The van der Waals surface area contributed by atoms with Crippen molar-refractivity contribution in [1.82, 2.24) is 9.47 Å². The highest BCUT2D eigenvalue weighted by Crippen LogP contribution is 2.34. The van der Waals surface area contributed by atoms with Crippen LogP contribution in [0.1, 0.15) is 22.5 Å². The average Bonchev–Trinajstić information content (AvgIpc) is 3.21. The number of carbonyl (C=O) groups is 3. The third-order valence-electron chi connectivity index (χ3n) is 5.43. The van der Waals surface area contributed by atoms with E-state index in [9.17, 15) is 14.4 Å². The molecule has 3 aromatic rings. The number of aryl methyl sites for hydroxylation is 2. The molecule has 0 bridgehead atoms. The molecule has 0 spiro atoms. The SMILES string of the molecule is Cc1ccc(NC(=O)CN2C(=O)S/C(=C\c3cc(C)n(-c4ccc(Cl)c(Cl)c4)c3C)C2=O)cc1. The van der Waals surface area contributed by atoms with E-state index in [2.05, 4.69) is 5.32 Å². The minimum Gasteiger partial charge on any atom is -0.325 e. The van der Waals surface area contributed by atoms with Gasteiger partial charge >= 0.3 is 0 Å². The van der Waals surface area contributed by atoms with E-state index in [1.807, 2.05) is 49.6 Å². The number of hydrogen-bond acceptors (Lipinski definition) is 4. The largest absolute Gasteiger partial charge is 0.325 e. The Balaban J connectivity index is 1.53. The minimum absolute atomic E-state index is 0.266. The number of aromatic nitrogens is 1. The van der Waals surface area contributed by atoms with Crippen molar-refractivity contribution in [3.63, 3.8) is 0 Å². The summed E-state index contributed by atoms with van der Waals surface area (Å²) in [6, 6.07) is 14.6. The lowest BCUT2D eigenvalue weighted by Crippen LogP contribution is -2.36. The van der Waals surface area contributed by atoms with Crippen LogP contribution in [0.2, 0.25) is 10.0 Å². The summed E-state index contributed by atoms with van der Waals surface area (Å²) in [7, 11) is 0. The van der Waals surface area contributed by atoms with Crippen molar-refractivity contribution < 1.29 is 14.4 Å². The van der Waals surface area contributed by atoms with Gasteiger partial charge in [0.15, 0.2) is 0 Å².